The van der Waals surface area contributed by atoms with Gasteiger partial charge in [-0.2, -0.15) is 0 Å². The number of imidazole rings is 1. The van der Waals surface area contributed by atoms with Gasteiger partial charge in [0.2, 0.25) is 0 Å². The second kappa shape index (κ2) is 19.0. The minimum atomic E-state index is 0. The van der Waals surface area contributed by atoms with E-state index in [1.807, 2.05) is 36.1 Å². The SMILES string of the molecule is CCCCCCCC1=C2C=CC(=N2)C(c2ccc(SC(C)=O)cc2)=C2C=CC(=N2)C(CCCCCCC)=C2C=CC(=N2)C(c2nccn2C)=C2C=CC1=N2.[Zn]. The predicted octanol–water partition coefficient (Wildman–Crippen LogP) is 11.5. The van der Waals surface area contributed by atoms with Crippen molar-refractivity contribution < 1.29 is 24.3 Å². The third-order valence-corrected chi connectivity index (χ3v) is 11.1. The fourth-order valence-electron chi connectivity index (χ4n) is 7.51. The van der Waals surface area contributed by atoms with Crippen LogP contribution in [0.2, 0.25) is 0 Å². The Bertz CT molecular complexity index is 2180. The number of hydrogen-bond donors (Lipinski definition) is 0. The predicted molar refractivity (Wildman–Crippen MR) is 227 cm³/mol. The molecule has 6 heterocycles. The zero-order chi connectivity index (χ0) is 37.4. The van der Waals surface area contributed by atoms with Crippen LogP contribution < -0.4 is 0 Å². The molecule has 0 fully saturated rings. The quantitative estimate of drug-likeness (QED) is 0.102. The summed E-state index contributed by atoms with van der Waals surface area (Å²) in [4.78, 5) is 39.0. The van der Waals surface area contributed by atoms with Gasteiger partial charge >= 0.3 is 0 Å². The topological polar surface area (TPSA) is 84.3 Å². The zero-order valence-electron chi connectivity index (χ0n) is 32.8. The fourth-order valence-corrected chi connectivity index (χ4v) is 8.12. The molecule has 0 saturated carbocycles. The number of hydrogen-bond acceptors (Lipinski definition) is 7. The second-order valence-corrected chi connectivity index (χ2v) is 15.6. The van der Waals surface area contributed by atoms with Crippen LogP contribution in [0, 0.1) is 0 Å². The van der Waals surface area contributed by atoms with Crippen molar-refractivity contribution in [1.82, 2.24) is 9.55 Å². The molecule has 0 unspecified atom stereocenters. The van der Waals surface area contributed by atoms with Gasteiger partial charge in [-0.25, -0.2) is 25.0 Å². The first-order valence-electron chi connectivity index (χ1n) is 19.7. The molecule has 9 heteroatoms. The van der Waals surface area contributed by atoms with Crippen molar-refractivity contribution >= 4 is 50.9 Å². The van der Waals surface area contributed by atoms with E-state index in [1.165, 1.54) is 63.1 Å². The number of carbonyl (C=O) groups is 1. The van der Waals surface area contributed by atoms with Gasteiger partial charge < -0.3 is 4.57 Å². The van der Waals surface area contributed by atoms with Crippen LogP contribution >= 0.6 is 11.8 Å². The molecule has 0 aliphatic carbocycles. The van der Waals surface area contributed by atoms with Gasteiger partial charge in [-0.05, 0) is 92.0 Å². The molecule has 0 amide bonds. The number of unbranched alkanes of at least 4 members (excludes halogenated alkanes) is 8. The maximum absolute atomic E-state index is 11.9. The van der Waals surface area contributed by atoms with Crippen molar-refractivity contribution in [1.29, 1.82) is 0 Å². The van der Waals surface area contributed by atoms with E-state index in [0.717, 1.165) is 110 Å². The van der Waals surface area contributed by atoms with Crippen LogP contribution in [0.5, 0.6) is 0 Å². The molecule has 0 radical (unpaired) electrons. The van der Waals surface area contributed by atoms with Crippen LogP contribution in [-0.4, -0.2) is 37.5 Å². The van der Waals surface area contributed by atoms with Crippen molar-refractivity contribution in [2.45, 2.75) is 103 Å². The molecule has 0 N–H and O–H groups in total. The second-order valence-electron chi connectivity index (χ2n) is 14.4. The summed E-state index contributed by atoms with van der Waals surface area (Å²) >= 11 is 1.25. The monoisotopic (exact) mass is 798 g/mol. The third kappa shape index (κ3) is 9.39. The number of rotatable bonds is 15. The summed E-state index contributed by atoms with van der Waals surface area (Å²) in [5, 5.41) is 0.0681. The van der Waals surface area contributed by atoms with E-state index in [9.17, 15) is 4.79 Å². The van der Waals surface area contributed by atoms with Crippen molar-refractivity contribution in [3.8, 4) is 0 Å². The van der Waals surface area contributed by atoms with Crippen LogP contribution in [0.25, 0.3) is 11.1 Å². The zero-order valence-corrected chi connectivity index (χ0v) is 36.6. The number of allylic oxidation sites excluding steroid dienone is 12. The molecular formula is C46H50N6OSZn. The Morgan fingerprint density at radius 3 is 1.58 bits per heavy atom. The molecule has 8 bridgehead atoms. The summed E-state index contributed by atoms with van der Waals surface area (Å²) in [5.41, 5.74) is 12.4. The van der Waals surface area contributed by atoms with Crippen molar-refractivity contribution in [3.63, 3.8) is 0 Å². The Hall–Kier alpha value is -4.33. The Morgan fingerprint density at radius 1 is 0.600 bits per heavy atom. The van der Waals surface area contributed by atoms with Gasteiger partial charge in [0.05, 0.1) is 51.2 Å². The van der Waals surface area contributed by atoms with Gasteiger partial charge in [0.15, 0.2) is 5.12 Å². The molecular weight excluding hydrogens is 750 g/mol. The van der Waals surface area contributed by atoms with Crippen LogP contribution in [0.3, 0.4) is 0 Å². The molecule has 0 atom stereocenters. The molecule has 0 spiro atoms. The van der Waals surface area contributed by atoms with E-state index in [2.05, 4.69) is 74.6 Å². The molecule has 7 nitrogen and oxygen atoms in total. The average Bonchev–Trinajstić information content (AvgIpc) is 4.02. The molecule has 2 aromatic rings. The number of aryl methyl sites for hydroxylation is 1. The van der Waals surface area contributed by atoms with Gasteiger partial charge in [0, 0.05) is 67.5 Å². The summed E-state index contributed by atoms with van der Waals surface area (Å²) in [6.45, 7) is 6.11. The van der Waals surface area contributed by atoms with E-state index in [0.29, 0.717) is 0 Å². The van der Waals surface area contributed by atoms with Gasteiger partial charge in [-0.3, -0.25) is 4.79 Å². The van der Waals surface area contributed by atoms with Crippen LogP contribution in [0.15, 0.2) is 144 Å². The van der Waals surface area contributed by atoms with E-state index in [1.54, 1.807) is 6.92 Å². The summed E-state index contributed by atoms with van der Waals surface area (Å²) in [6, 6.07) is 8.21. The number of carbonyl (C=O) groups excluding carboxylic acids is 1. The Balaban J connectivity index is 0.00000514. The van der Waals surface area contributed by atoms with Crippen molar-refractivity contribution in [3.05, 3.63) is 131 Å². The molecule has 1 aromatic heterocycles. The summed E-state index contributed by atoms with van der Waals surface area (Å²) in [5.74, 6) is 0.835. The smallest absolute Gasteiger partial charge is 0.190 e. The summed E-state index contributed by atoms with van der Waals surface area (Å²) in [7, 11) is 2.03. The van der Waals surface area contributed by atoms with Crippen LogP contribution in [0.4, 0.5) is 0 Å². The molecule has 1 aromatic carbocycles. The van der Waals surface area contributed by atoms with Crippen molar-refractivity contribution in [2.75, 3.05) is 0 Å². The average molecular weight is 800 g/mol. The molecule has 55 heavy (non-hydrogen) atoms. The summed E-state index contributed by atoms with van der Waals surface area (Å²) in [6.07, 6.45) is 34.5. The maximum Gasteiger partial charge on any atom is 0.190 e. The van der Waals surface area contributed by atoms with Crippen molar-refractivity contribution in [2.24, 2.45) is 27.0 Å². The first kappa shape index (κ1) is 40.3. The van der Waals surface area contributed by atoms with E-state index >= 15 is 0 Å². The molecule has 5 aliphatic heterocycles. The Morgan fingerprint density at radius 2 is 1.07 bits per heavy atom. The van der Waals surface area contributed by atoms with E-state index in [4.69, 9.17) is 25.0 Å². The number of fused-ring (bicyclic) bond motifs is 4. The van der Waals surface area contributed by atoms with Gasteiger partial charge in [0.1, 0.15) is 5.82 Å². The maximum atomic E-state index is 11.9. The third-order valence-electron chi connectivity index (χ3n) is 10.3. The van der Waals surface area contributed by atoms with Gasteiger partial charge in [-0.1, -0.05) is 89.1 Å². The number of thioether (sulfide) groups is 1. The molecule has 7 rings (SSSR count). The number of nitrogens with zero attached hydrogens (tertiary/aromatic N) is 6. The number of aliphatic imine (C=N–C) groups is 4. The van der Waals surface area contributed by atoms with E-state index < -0.39 is 0 Å². The van der Waals surface area contributed by atoms with Crippen LogP contribution in [-0.2, 0) is 31.3 Å². The van der Waals surface area contributed by atoms with Gasteiger partial charge in [0.25, 0.3) is 0 Å². The fraction of sp³-hybridized carbons (Fsp3) is 0.348. The standard InChI is InChI=1S/C46H50N6OS.Zn/c1-5-7-9-11-13-15-34-36-21-25-40(48-36)44(32-17-19-33(20-18-32)54-31(3)53)41-26-22-37(49-41)35(16-14-12-10-8-6-2)39-24-28-43(51-39)45(42-27-23-38(34)50-42)46-47-29-30-52(46)4;/h17-30H,5-16H2,1-4H3;. The number of benzene rings is 1. The first-order valence-corrected chi connectivity index (χ1v) is 20.5. The summed E-state index contributed by atoms with van der Waals surface area (Å²) < 4.78 is 2.05. The molecule has 0 saturated heterocycles. The minimum Gasteiger partial charge on any atom is -0.334 e. The van der Waals surface area contributed by atoms with E-state index in [-0.39, 0.29) is 24.6 Å². The molecule has 278 valence electrons. The largest absolute Gasteiger partial charge is 0.334 e. The molecule has 5 aliphatic rings. The van der Waals surface area contributed by atoms with Crippen LogP contribution in [0.1, 0.15) is 109 Å². The Labute approximate surface area is 343 Å². The normalized spacial score (nSPS) is 17.1. The first-order chi connectivity index (χ1) is 26.4. The minimum absolute atomic E-state index is 0. The Kier molecular flexibility index (Phi) is 13.9. The van der Waals surface area contributed by atoms with Gasteiger partial charge in [-0.15, -0.1) is 0 Å². The number of aromatic nitrogens is 2.